The molecule has 0 saturated heterocycles. The van der Waals surface area contributed by atoms with Gasteiger partial charge in [-0.2, -0.15) is 0 Å². The Morgan fingerprint density at radius 1 is 1.17 bits per heavy atom. The monoisotopic (exact) mass is 250 g/mol. The number of aliphatic hydroxyl groups excluding tert-OH is 1. The molecule has 0 bridgehead atoms. The minimum Gasteiger partial charge on any atom is -0.388 e. The van der Waals surface area contributed by atoms with Crippen molar-refractivity contribution in [2.75, 3.05) is 0 Å². The Hall–Kier alpha value is -0.890. The van der Waals surface area contributed by atoms with E-state index in [1.807, 2.05) is 19.9 Å². The lowest BCUT2D eigenvalue weighted by Crippen LogP contribution is -2.29. The number of benzene rings is 1. The summed E-state index contributed by atoms with van der Waals surface area (Å²) in [5, 5.41) is 10.6. The van der Waals surface area contributed by atoms with Crippen molar-refractivity contribution in [2.24, 2.45) is 5.41 Å². The van der Waals surface area contributed by atoms with Gasteiger partial charge in [-0.15, -0.1) is 0 Å². The molecule has 1 fully saturated rings. The third-order valence-electron chi connectivity index (χ3n) is 4.41. The Labute approximate surface area is 109 Å². The molecule has 0 aromatic heterocycles. The molecule has 0 spiro atoms. The minimum atomic E-state index is -0.682. The lowest BCUT2D eigenvalue weighted by atomic mass is 9.69. The number of rotatable bonds is 2. The largest absolute Gasteiger partial charge is 0.388 e. The van der Waals surface area contributed by atoms with Crippen LogP contribution < -0.4 is 0 Å². The summed E-state index contributed by atoms with van der Waals surface area (Å²) in [4.78, 5) is 0. The first-order valence-electron chi connectivity index (χ1n) is 6.89. The quantitative estimate of drug-likeness (QED) is 0.822. The number of aliphatic hydroxyl groups is 1. The van der Waals surface area contributed by atoms with Crippen LogP contribution in [0.2, 0.25) is 0 Å². The molecule has 18 heavy (non-hydrogen) atoms. The molecule has 1 aliphatic carbocycles. The van der Waals surface area contributed by atoms with E-state index in [0.29, 0.717) is 5.56 Å². The zero-order chi connectivity index (χ0) is 13.3. The summed E-state index contributed by atoms with van der Waals surface area (Å²) in [6.07, 6.45) is 4.80. The van der Waals surface area contributed by atoms with Gasteiger partial charge in [0, 0.05) is 5.56 Å². The normalized spacial score (nSPS) is 20.7. The predicted molar refractivity (Wildman–Crippen MR) is 72.0 cm³/mol. The summed E-state index contributed by atoms with van der Waals surface area (Å²) < 4.78 is 14.1. The zero-order valence-corrected chi connectivity index (χ0v) is 11.6. The highest BCUT2D eigenvalue weighted by atomic mass is 19.1. The smallest absolute Gasteiger partial charge is 0.129 e. The first-order valence-corrected chi connectivity index (χ1v) is 6.89. The molecule has 1 N–H and O–H groups in total. The van der Waals surface area contributed by atoms with Crippen molar-refractivity contribution in [1.29, 1.82) is 0 Å². The maximum Gasteiger partial charge on any atom is 0.129 e. The molecule has 0 radical (unpaired) electrons. The summed E-state index contributed by atoms with van der Waals surface area (Å²) in [6, 6.07) is 3.48. The average molecular weight is 250 g/mol. The molecule has 1 atom stereocenters. The van der Waals surface area contributed by atoms with Gasteiger partial charge in [-0.1, -0.05) is 32.3 Å². The fraction of sp³-hybridized carbons (Fsp3) is 0.625. The molecule has 0 aliphatic heterocycles. The Bertz CT molecular complexity index is 410. The lowest BCUT2D eigenvalue weighted by Gasteiger charge is -2.38. The highest BCUT2D eigenvalue weighted by molar-refractivity contribution is 5.34. The second-order valence-electron chi connectivity index (χ2n) is 6.09. The van der Waals surface area contributed by atoms with Crippen molar-refractivity contribution in [1.82, 2.24) is 0 Å². The average Bonchev–Trinajstić information content (AvgIpc) is 2.28. The van der Waals surface area contributed by atoms with Crippen molar-refractivity contribution in [2.45, 2.75) is 59.0 Å². The van der Waals surface area contributed by atoms with Crippen LogP contribution in [0.25, 0.3) is 0 Å². The van der Waals surface area contributed by atoms with Crippen LogP contribution in [0, 0.1) is 25.1 Å². The van der Waals surface area contributed by atoms with Crippen LogP contribution in [0.15, 0.2) is 12.1 Å². The van der Waals surface area contributed by atoms with Crippen molar-refractivity contribution < 1.29 is 9.50 Å². The number of hydrogen-bond acceptors (Lipinski definition) is 1. The molecular weight excluding hydrogens is 227 g/mol. The van der Waals surface area contributed by atoms with E-state index in [4.69, 9.17) is 0 Å². The van der Waals surface area contributed by atoms with Crippen molar-refractivity contribution in [3.05, 3.63) is 34.6 Å². The molecule has 2 rings (SSSR count). The van der Waals surface area contributed by atoms with Gasteiger partial charge in [-0.25, -0.2) is 4.39 Å². The van der Waals surface area contributed by atoms with Gasteiger partial charge in [0.25, 0.3) is 0 Å². The number of hydrogen-bond donors (Lipinski definition) is 1. The maximum atomic E-state index is 14.1. The van der Waals surface area contributed by atoms with Crippen LogP contribution in [0.3, 0.4) is 0 Å². The van der Waals surface area contributed by atoms with E-state index in [-0.39, 0.29) is 11.2 Å². The summed E-state index contributed by atoms with van der Waals surface area (Å²) in [5.74, 6) is -0.258. The third kappa shape index (κ3) is 2.44. The van der Waals surface area contributed by atoms with Crippen molar-refractivity contribution in [3.8, 4) is 0 Å². The minimum absolute atomic E-state index is 0.168. The van der Waals surface area contributed by atoms with E-state index in [9.17, 15) is 9.50 Å². The summed E-state index contributed by atoms with van der Waals surface area (Å²) >= 11 is 0. The third-order valence-corrected chi connectivity index (χ3v) is 4.41. The molecule has 100 valence electrons. The summed E-state index contributed by atoms with van der Waals surface area (Å²) in [7, 11) is 0. The Morgan fingerprint density at radius 3 is 2.33 bits per heavy atom. The molecule has 1 unspecified atom stereocenters. The first-order chi connectivity index (χ1) is 8.44. The fourth-order valence-corrected chi connectivity index (χ4v) is 3.25. The molecule has 0 heterocycles. The van der Waals surface area contributed by atoms with E-state index >= 15 is 0 Å². The highest BCUT2D eigenvalue weighted by Gasteiger charge is 2.37. The van der Waals surface area contributed by atoms with Gasteiger partial charge in [-0.05, 0) is 49.3 Å². The van der Waals surface area contributed by atoms with E-state index in [1.165, 1.54) is 12.5 Å². The van der Waals surface area contributed by atoms with Crippen LogP contribution in [0.4, 0.5) is 4.39 Å². The number of aryl methyl sites for hydroxylation is 2. The lowest BCUT2D eigenvalue weighted by molar-refractivity contribution is 0.00541. The van der Waals surface area contributed by atoms with Gasteiger partial charge in [-0.3, -0.25) is 0 Å². The van der Waals surface area contributed by atoms with E-state index in [0.717, 1.165) is 36.8 Å². The topological polar surface area (TPSA) is 20.2 Å². The number of halogens is 1. The van der Waals surface area contributed by atoms with E-state index in [1.54, 1.807) is 0 Å². The Morgan fingerprint density at radius 2 is 1.78 bits per heavy atom. The van der Waals surface area contributed by atoms with E-state index in [2.05, 4.69) is 6.92 Å². The van der Waals surface area contributed by atoms with Crippen LogP contribution in [-0.2, 0) is 0 Å². The van der Waals surface area contributed by atoms with Gasteiger partial charge in [0.15, 0.2) is 0 Å². The maximum absolute atomic E-state index is 14.1. The Kier molecular flexibility index (Phi) is 3.76. The fourth-order valence-electron chi connectivity index (χ4n) is 3.25. The van der Waals surface area contributed by atoms with Gasteiger partial charge in [0.1, 0.15) is 5.82 Å². The van der Waals surface area contributed by atoms with Crippen LogP contribution in [-0.4, -0.2) is 5.11 Å². The van der Waals surface area contributed by atoms with Crippen LogP contribution in [0.5, 0.6) is 0 Å². The van der Waals surface area contributed by atoms with Gasteiger partial charge in [0.05, 0.1) is 6.10 Å². The highest BCUT2D eigenvalue weighted by Crippen LogP contribution is 2.46. The summed E-state index contributed by atoms with van der Waals surface area (Å²) in [5.41, 5.74) is 2.12. The van der Waals surface area contributed by atoms with Gasteiger partial charge in [0.2, 0.25) is 0 Å². The first kappa shape index (κ1) is 13.5. The van der Waals surface area contributed by atoms with E-state index < -0.39 is 6.10 Å². The predicted octanol–water partition coefficient (Wildman–Crippen LogP) is 4.45. The molecule has 1 aromatic carbocycles. The molecule has 1 aromatic rings. The van der Waals surface area contributed by atoms with Gasteiger partial charge >= 0.3 is 0 Å². The second kappa shape index (κ2) is 5.00. The second-order valence-corrected chi connectivity index (χ2v) is 6.09. The summed E-state index contributed by atoms with van der Waals surface area (Å²) in [6.45, 7) is 5.87. The van der Waals surface area contributed by atoms with Crippen LogP contribution in [0.1, 0.15) is 61.8 Å². The SMILES string of the molecule is Cc1cc(C)c(C(O)C2(C)CCCCC2)c(F)c1. The van der Waals surface area contributed by atoms with Crippen molar-refractivity contribution >= 4 is 0 Å². The zero-order valence-electron chi connectivity index (χ0n) is 11.6. The van der Waals surface area contributed by atoms with Gasteiger partial charge < -0.3 is 5.11 Å². The Balaban J connectivity index is 2.36. The molecule has 2 heteroatoms. The molecule has 1 saturated carbocycles. The van der Waals surface area contributed by atoms with Crippen LogP contribution >= 0.6 is 0 Å². The standard InChI is InChI=1S/C16H23FO/c1-11-9-12(2)14(13(17)10-11)15(18)16(3)7-5-4-6-8-16/h9-10,15,18H,4-8H2,1-3H3. The molecular formula is C16H23FO. The molecule has 1 aliphatic rings. The molecule has 0 amide bonds. The van der Waals surface area contributed by atoms with Crippen molar-refractivity contribution in [3.63, 3.8) is 0 Å². The molecule has 1 nitrogen and oxygen atoms in total.